The van der Waals surface area contributed by atoms with Crippen LogP contribution in [0.5, 0.6) is 5.88 Å². The average molecular weight is 713 g/mol. The monoisotopic (exact) mass is 710 g/mol. The summed E-state index contributed by atoms with van der Waals surface area (Å²) in [6, 6.07) is 19.7. The van der Waals surface area contributed by atoms with Crippen molar-refractivity contribution in [2.75, 3.05) is 0 Å². The number of fused-ring (bicyclic) bond motifs is 2. The highest BCUT2D eigenvalue weighted by molar-refractivity contribution is 9.11. The summed E-state index contributed by atoms with van der Waals surface area (Å²) in [6.45, 7) is 0.471. The first-order chi connectivity index (χ1) is 19.0. The van der Waals surface area contributed by atoms with Crippen LogP contribution in [-0.4, -0.2) is 35.0 Å². The number of aliphatic hydroxyl groups excluding tert-OH is 1. The molecule has 0 bridgehead atoms. The Labute approximate surface area is 250 Å². The van der Waals surface area contributed by atoms with Crippen molar-refractivity contribution in [2.24, 2.45) is 0 Å². The van der Waals surface area contributed by atoms with E-state index in [-0.39, 0.29) is 6.61 Å². The molecule has 0 amide bonds. The molecule has 0 aliphatic heterocycles. The van der Waals surface area contributed by atoms with Gasteiger partial charge in [0.25, 0.3) is 0 Å². The number of ether oxygens (including phenoxy) is 1. The Hall–Kier alpha value is -3.38. The van der Waals surface area contributed by atoms with Crippen molar-refractivity contribution in [3.05, 3.63) is 123 Å². The second-order valence-electron chi connectivity index (χ2n) is 7.77. The quantitative estimate of drug-likeness (QED) is 0.207. The molecule has 39 heavy (non-hydrogen) atoms. The summed E-state index contributed by atoms with van der Waals surface area (Å²) >= 11 is 9.54. The number of para-hydroxylation sites is 2. The van der Waals surface area contributed by atoms with Crippen molar-refractivity contribution < 1.29 is 9.84 Å². The first-order valence-corrected chi connectivity index (χ1v) is 13.9. The smallest absolute Gasteiger partial charge is 0.232 e. The normalized spacial score (nSPS) is 10.3. The SMILES string of the molecule is Brc1cnc(Br)cn1.Brc1cnc(OCc2cccc3cccnc23)cn1.OCc1cccc2cccnc12. The molecule has 0 fully saturated rings. The molecular weight excluding hydrogens is 692 g/mol. The van der Waals surface area contributed by atoms with Crippen molar-refractivity contribution >= 4 is 69.6 Å². The van der Waals surface area contributed by atoms with Gasteiger partial charge in [0.05, 0.1) is 42.4 Å². The summed E-state index contributed by atoms with van der Waals surface area (Å²) < 4.78 is 7.81. The van der Waals surface area contributed by atoms with Gasteiger partial charge in [-0.25, -0.2) is 19.9 Å². The van der Waals surface area contributed by atoms with Crippen LogP contribution in [0.1, 0.15) is 11.1 Å². The summed E-state index contributed by atoms with van der Waals surface area (Å²) in [5, 5.41) is 11.2. The number of aromatic nitrogens is 6. The van der Waals surface area contributed by atoms with Gasteiger partial charge in [0.15, 0.2) is 0 Å². The molecule has 196 valence electrons. The minimum absolute atomic E-state index is 0.0500. The fourth-order valence-electron chi connectivity index (χ4n) is 3.40. The molecule has 4 heterocycles. The molecule has 0 spiro atoms. The highest BCUT2D eigenvalue weighted by Crippen LogP contribution is 2.18. The molecule has 8 nitrogen and oxygen atoms in total. The van der Waals surface area contributed by atoms with Crippen molar-refractivity contribution in [3.8, 4) is 5.88 Å². The molecule has 0 saturated heterocycles. The lowest BCUT2D eigenvalue weighted by atomic mass is 10.1. The standard InChI is InChI=1S/C14H10BrN3O.C10H9NO.C4H2Br2N2/c15-12-7-18-13(8-17-12)19-9-11-4-1-3-10-5-2-6-16-14(10)11;12-7-9-4-1-3-8-5-2-6-11-10(8)9;5-3-1-7-4(6)2-8-3/h1-8H,9H2;1-6,12H,7H2;1-2H. The van der Waals surface area contributed by atoms with Crippen molar-refractivity contribution in [1.29, 1.82) is 0 Å². The molecule has 11 heteroatoms. The average Bonchev–Trinajstić information content (AvgIpc) is 2.99. The number of pyridine rings is 2. The molecule has 0 aliphatic carbocycles. The van der Waals surface area contributed by atoms with Crippen LogP contribution < -0.4 is 4.74 Å². The lowest BCUT2D eigenvalue weighted by molar-refractivity contribution is 0.283. The van der Waals surface area contributed by atoms with Crippen LogP contribution in [0.2, 0.25) is 0 Å². The van der Waals surface area contributed by atoms with Crippen LogP contribution in [0, 0.1) is 0 Å². The predicted molar refractivity (Wildman–Crippen MR) is 161 cm³/mol. The van der Waals surface area contributed by atoms with Crippen molar-refractivity contribution in [2.45, 2.75) is 13.2 Å². The van der Waals surface area contributed by atoms with E-state index < -0.39 is 0 Å². The first kappa shape index (κ1) is 28.6. The number of nitrogens with zero attached hydrogens (tertiary/aromatic N) is 6. The molecule has 0 aliphatic rings. The topological polar surface area (TPSA) is 107 Å². The van der Waals surface area contributed by atoms with Gasteiger partial charge in [-0.15, -0.1) is 0 Å². The Bertz CT molecular complexity index is 1610. The molecule has 0 saturated carbocycles. The number of halogens is 3. The Morgan fingerprint density at radius 1 is 0.564 bits per heavy atom. The molecule has 2 aromatic carbocycles. The van der Waals surface area contributed by atoms with Crippen LogP contribution >= 0.6 is 47.8 Å². The molecule has 6 aromatic rings. The van der Waals surface area contributed by atoms with Gasteiger partial charge < -0.3 is 9.84 Å². The third kappa shape index (κ3) is 8.56. The fraction of sp³-hybridized carbons (Fsp3) is 0.0714. The van der Waals surface area contributed by atoms with Crippen molar-refractivity contribution in [1.82, 2.24) is 29.9 Å². The van der Waals surface area contributed by atoms with E-state index in [0.29, 0.717) is 17.1 Å². The maximum absolute atomic E-state index is 9.00. The van der Waals surface area contributed by atoms with E-state index in [4.69, 9.17) is 9.84 Å². The van der Waals surface area contributed by atoms with E-state index in [1.165, 1.54) is 0 Å². The Kier molecular flexibility index (Phi) is 10.8. The Morgan fingerprint density at radius 3 is 1.56 bits per heavy atom. The van der Waals surface area contributed by atoms with Crippen molar-refractivity contribution in [3.63, 3.8) is 0 Å². The van der Waals surface area contributed by atoms with Gasteiger partial charge in [-0.3, -0.25) is 9.97 Å². The van der Waals surface area contributed by atoms with Gasteiger partial charge in [-0.05, 0) is 59.9 Å². The molecule has 6 rings (SSSR count). The van der Waals surface area contributed by atoms with E-state index in [2.05, 4.69) is 77.7 Å². The number of benzene rings is 2. The number of aliphatic hydroxyl groups is 1. The summed E-state index contributed by atoms with van der Waals surface area (Å²) in [5.41, 5.74) is 3.76. The zero-order valence-corrected chi connectivity index (χ0v) is 25.1. The predicted octanol–water partition coefficient (Wildman–Crippen LogP) is 7.10. The van der Waals surface area contributed by atoms with Gasteiger partial charge in [-0.1, -0.05) is 48.5 Å². The molecule has 1 N–H and O–H groups in total. The second kappa shape index (κ2) is 14.7. The van der Waals surface area contributed by atoms with Crippen LogP contribution in [0.3, 0.4) is 0 Å². The summed E-state index contributed by atoms with van der Waals surface area (Å²) in [4.78, 5) is 24.5. The van der Waals surface area contributed by atoms with Gasteiger partial charge in [0.1, 0.15) is 20.4 Å². The second-order valence-corrected chi connectivity index (χ2v) is 10.2. The van der Waals surface area contributed by atoms with Gasteiger partial charge in [0, 0.05) is 34.3 Å². The van der Waals surface area contributed by atoms with Crippen LogP contribution in [0.25, 0.3) is 21.8 Å². The summed E-state index contributed by atoms with van der Waals surface area (Å²) in [6.07, 6.45) is 9.97. The first-order valence-electron chi connectivity index (χ1n) is 11.5. The molecule has 4 aromatic heterocycles. The minimum atomic E-state index is 0.0500. The van der Waals surface area contributed by atoms with Gasteiger partial charge in [-0.2, -0.15) is 0 Å². The Balaban J connectivity index is 0.000000150. The zero-order valence-electron chi connectivity index (χ0n) is 20.3. The van der Waals surface area contributed by atoms with E-state index >= 15 is 0 Å². The van der Waals surface area contributed by atoms with Crippen LogP contribution in [-0.2, 0) is 13.2 Å². The zero-order chi connectivity index (χ0) is 27.5. The van der Waals surface area contributed by atoms with Crippen LogP contribution in [0.15, 0.2) is 112 Å². The molecule has 0 radical (unpaired) electrons. The number of hydrogen-bond donors (Lipinski definition) is 1. The minimum Gasteiger partial charge on any atom is -0.472 e. The number of rotatable bonds is 4. The van der Waals surface area contributed by atoms with E-state index in [0.717, 1.165) is 42.1 Å². The van der Waals surface area contributed by atoms with Gasteiger partial charge in [0.2, 0.25) is 5.88 Å². The molecular formula is C28H21Br3N6O2. The third-order valence-electron chi connectivity index (χ3n) is 5.16. The van der Waals surface area contributed by atoms with Gasteiger partial charge >= 0.3 is 0 Å². The lowest BCUT2D eigenvalue weighted by Crippen LogP contribution is -1.99. The van der Waals surface area contributed by atoms with Crippen LogP contribution in [0.4, 0.5) is 0 Å². The van der Waals surface area contributed by atoms with E-state index in [1.54, 1.807) is 37.2 Å². The number of hydrogen-bond acceptors (Lipinski definition) is 8. The maximum atomic E-state index is 9.00. The summed E-state index contributed by atoms with van der Waals surface area (Å²) in [7, 11) is 0. The maximum Gasteiger partial charge on any atom is 0.232 e. The van der Waals surface area contributed by atoms with E-state index in [9.17, 15) is 0 Å². The molecule has 0 unspecified atom stereocenters. The third-order valence-corrected chi connectivity index (χ3v) is 6.39. The van der Waals surface area contributed by atoms with E-state index in [1.807, 2.05) is 60.7 Å². The largest absolute Gasteiger partial charge is 0.472 e. The highest BCUT2D eigenvalue weighted by atomic mass is 79.9. The Morgan fingerprint density at radius 2 is 1.05 bits per heavy atom. The molecule has 0 atom stereocenters. The lowest BCUT2D eigenvalue weighted by Gasteiger charge is -2.07. The summed E-state index contributed by atoms with van der Waals surface area (Å²) in [5.74, 6) is 0.496. The highest BCUT2D eigenvalue weighted by Gasteiger charge is 2.04. The fourth-order valence-corrected chi connectivity index (χ4v) is 4.02.